The Kier molecular flexibility index (Phi) is 4.74. The van der Waals surface area contributed by atoms with E-state index in [0.29, 0.717) is 11.7 Å². The maximum atomic E-state index is 12.5. The molecule has 0 bridgehead atoms. The largest absolute Gasteiger partial charge is 0.244 e. The van der Waals surface area contributed by atoms with E-state index in [0.717, 1.165) is 4.90 Å². The minimum Gasteiger partial charge on any atom is -0.244 e. The van der Waals surface area contributed by atoms with Gasteiger partial charge >= 0.3 is 0 Å². The van der Waals surface area contributed by atoms with Crippen LogP contribution in [0.3, 0.4) is 0 Å². The number of hydrogen-bond acceptors (Lipinski definition) is 2. The first-order chi connectivity index (χ1) is 7.58. The third-order valence-electron chi connectivity index (χ3n) is 2.25. The Hall–Kier alpha value is -1.09. The van der Waals surface area contributed by atoms with Crippen molar-refractivity contribution >= 4 is 9.73 Å². The van der Waals surface area contributed by atoms with Crippen LogP contribution >= 0.6 is 0 Å². The summed E-state index contributed by atoms with van der Waals surface area (Å²) in [5.74, 6) is 0.974. The minimum absolute atomic E-state index is 0.483. The molecule has 88 valence electrons. The minimum atomic E-state index is -2.26. The first-order valence-corrected chi connectivity index (χ1v) is 7.11. The van der Waals surface area contributed by atoms with Gasteiger partial charge in [-0.15, -0.1) is 0 Å². The highest BCUT2D eigenvalue weighted by Crippen LogP contribution is 2.13. The lowest BCUT2D eigenvalue weighted by Crippen LogP contribution is -2.04. The van der Waals surface area contributed by atoms with Gasteiger partial charge in [-0.05, 0) is 18.1 Å². The molecule has 1 atom stereocenters. The Bertz CT molecular complexity index is 454. The molecule has 0 spiro atoms. The van der Waals surface area contributed by atoms with Crippen molar-refractivity contribution in [1.29, 1.82) is 0 Å². The highest BCUT2D eigenvalue weighted by atomic mass is 32.2. The van der Waals surface area contributed by atoms with Crippen LogP contribution < -0.4 is 0 Å². The molecular formula is C13H19NOS. The van der Waals surface area contributed by atoms with Crippen LogP contribution in [0.5, 0.6) is 0 Å². The van der Waals surface area contributed by atoms with Gasteiger partial charge in [-0.25, -0.2) is 8.57 Å². The van der Waals surface area contributed by atoms with E-state index in [-0.39, 0.29) is 0 Å². The van der Waals surface area contributed by atoms with Gasteiger partial charge in [0.1, 0.15) is 0 Å². The van der Waals surface area contributed by atoms with Gasteiger partial charge in [0, 0.05) is 11.9 Å². The predicted molar refractivity (Wildman–Crippen MR) is 70.0 cm³/mol. The average molecular weight is 237 g/mol. The Balaban J connectivity index is 2.93. The first-order valence-electron chi connectivity index (χ1n) is 5.43. The summed E-state index contributed by atoms with van der Waals surface area (Å²) in [7, 11) is -0.640. The van der Waals surface area contributed by atoms with Crippen molar-refractivity contribution < 1.29 is 4.21 Å². The lowest BCUT2D eigenvalue weighted by molar-refractivity contribution is 0.678. The molecule has 2 nitrogen and oxygen atoms in total. The van der Waals surface area contributed by atoms with Gasteiger partial charge in [-0.1, -0.05) is 44.2 Å². The van der Waals surface area contributed by atoms with E-state index < -0.39 is 9.73 Å². The number of rotatable bonds is 4. The maximum Gasteiger partial charge on any atom is 0.0785 e. The fourth-order valence-electron chi connectivity index (χ4n) is 1.37. The van der Waals surface area contributed by atoms with Gasteiger partial charge in [0.25, 0.3) is 0 Å². The van der Waals surface area contributed by atoms with Crippen LogP contribution in [0.2, 0.25) is 0 Å². The van der Waals surface area contributed by atoms with Crippen LogP contribution in [0, 0.1) is 5.92 Å². The number of benzene rings is 1. The molecule has 0 N–H and O–H groups in total. The Labute approximate surface area is 98.6 Å². The van der Waals surface area contributed by atoms with Crippen molar-refractivity contribution in [2.24, 2.45) is 10.3 Å². The van der Waals surface area contributed by atoms with Gasteiger partial charge in [0.15, 0.2) is 0 Å². The van der Waals surface area contributed by atoms with Crippen molar-refractivity contribution in [2.75, 3.05) is 12.8 Å². The van der Waals surface area contributed by atoms with E-state index in [4.69, 9.17) is 0 Å². The van der Waals surface area contributed by atoms with Crippen molar-refractivity contribution in [3.05, 3.63) is 42.5 Å². The van der Waals surface area contributed by atoms with Crippen molar-refractivity contribution in [2.45, 2.75) is 18.7 Å². The summed E-state index contributed by atoms with van der Waals surface area (Å²) < 4.78 is 16.6. The number of allylic oxidation sites excluding steroid dienone is 1. The Morgan fingerprint density at radius 1 is 1.31 bits per heavy atom. The lowest BCUT2D eigenvalue weighted by atomic mass is 10.2. The Morgan fingerprint density at radius 3 is 2.44 bits per heavy atom. The second kappa shape index (κ2) is 5.85. The zero-order valence-electron chi connectivity index (χ0n) is 10.1. The lowest BCUT2D eigenvalue weighted by Gasteiger charge is -2.06. The molecule has 0 saturated heterocycles. The molecule has 3 heteroatoms. The van der Waals surface area contributed by atoms with Crippen LogP contribution in [0.4, 0.5) is 0 Å². The van der Waals surface area contributed by atoms with E-state index in [1.165, 1.54) is 0 Å². The topological polar surface area (TPSA) is 29.4 Å². The molecule has 1 aromatic carbocycles. The summed E-state index contributed by atoms with van der Waals surface area (Å²) in [6, 6.07) is 9.46. The highest BCUT2D eigenvalue weighted by Gasteiger charge is 2.08. The fraction of sp³-hybridized carbons (Fsp3) is 0.385. The average Bonchev–Trinajstić information content (AvgIpc) is 2.29. The molecule has 0 radical (unpaired) electrons. The van der Waals surface area contributed by atoms with E-state index >= 15 is 0 Å². The van der Waals surface area contributed by atoms with Crippen molar-refractivity contribution in [3.8, 4) is 0 Å². The molecule has 0 unspecified atom stereocenters. The van der Waals surface area contributed by atoms with Crippen LogP contribution in [-0.4, -0.2) is 17.0 Å². The van der Waals surface area contributed by atoms with Crippen LogP contribution in [-0.2, 0) is 9.73 Å². The van der Waals surface area contributed by atoms with E-state index in [2.05, 4.69) is 24.3 Å². The number of nitrogens with zero attached hydrogens (tertiary/aromatic N) is 1. The van der Waals surface area contributed by atoms with E-state index in [1.54, 1.807) is 7.05 Å². The SMILES string of the molecule is CN=[S@@](=O)(C/C=C\C(C)C)c1ccccc1. The van der Waals surface area contributed by atoms with Crippen LogP contribution in [0.25, 0.3) is 0 Å². The molecule has 0 saturated carbocycles. The van der Waals surface area contributed by atoms with Crippen LogP contribution in [0.15, 0.2) is 51.7 Å². The second-order valence-electron chi connectivity index (χ2n) is 3.97. The zero-order chi connectivity index (χ0) is 12.0. The molecule has 0 aliphatic rings. The second-order valence-corrected chi connectivity index (χ2v) is 6.43. The predicted octanol–water partition coefficient (Wildman–Crippen LogP) is 3.36. The van der Waals surface area contributed by atoms with Crippen LogP contribution in [0.1, 0.15) is 13.8 Å². The maximum absolute atomic E-state index is 12.5. The van der Waals surface area contributed by atoms with Gasteiger partial charge < -0.3 is 0 Å². The zero-order valence-corrected chi connectivity index (χ0v) is 10.9. The van der Waals surface area contributed by atoms with Gasteiger partial charge in [-0.3, -0.25) is 0 Å². The molecule has 0 aromatic heterocycles. The fourth-order valence-corrected chi connectivity index (χ4v) is 2.87. The van der Waals surface area contributed by atoms with Crippen molar-refractivity contribution in [3.63, 3.8) is 0 Å². The molecule has 1 rings (SSSR count). The van der Waals surface area contributed by atoms with Crippen molar-refractivity contribution in [1.82, 2.24) is 0 Å². The molecule has 0 amide bonds. The summed E-state index contributed by atoms with van der Waals surface area (Å²) in [4.78, 5) is 0.811. The third-order valence-corrected chi connectivity index (χ3v) is 4.49. The summed E-state index contributed by atoms with van der Waals surface area (Å²) in [5, 5.41) is 0. The molecule has 1 aromatic rings. The third kappa shape index (κ3) is 3.49. The molecule has 0 heterocycles. The Morgan fingerprint density at radius 2 is 1.94 bits per heavy atom. The van der Waals surface area contributed by atoms with Gasteiger partial charge in [0.2, 0.25) is 0 Å². The summed E-state index contributed by atoms with van der Waals surface area (Å²) in [6.45, 7) is 4.20. The first kappa shape index (κ1) is 13.0. The standard InChI is InChI=1S/C13H19NOS/c1-12(2)8-7-11-16(15,14-3)13-9-5-4-6-10-13/h4-10,12H,11H2,1-3H3/b8-7-/t16-/m1/s1. The molecule has 16 heavy (non-hydrogen) atoms. The normalized spacial score (nSPS) is 15.2. The van der Waals surface area contributed by atoms with Gasteiger partial charge in [-0.2, -0.15) is 0 Å². The van der Waals surface area contributed by atoms with E-state index in [1.807, 2.05) is 36.4 Å². The smallest absolute Gasteiger partial charge is 0.0785 e. The highest BCUT2D eigenvalue weighted by molar-refractivity contribution is 7.93. The summed E-state index contributed by atoms with van der Waals surface area (Å²) in [6.07, 6.45) is 4.03. The molecular weight excluding hydrogens is 218 g/mol. The number of hydrogen-bond donors (Lipinski definition) is 0. The van der Waals surface area contributed by atoms with E-state index in [9.17, 15) is 4.21 Å². The molecule has 0 fully saturated rings. The molecule has 0 aliphatic heterocycles. The molecule has 0 aliphatic carbocycles. The monoisotopic (exact) mass is 237 g/mol. The van der Waals surface area contributed by atoms with Gasteiger partial charge in [0.05, 0.1) is 15.5 Å². The summed E-state index contributed by atoms with van der Waals surface area (Å²) in [5.41, 5.74) is 0. The quantitative estimate of drug-likeness (QED) is 0.738. The summed E-state index contributed by atoms with van der Waals surface area (Å²) >= 11 is 0.